The second kappa shape index (κ2) is 23.5. The highest BCUT2D eigenvalue weighted by atomic mass is 19.4. The maximum Gasteiger partial charge on any atom is 0.391 e. The molecule has 3 aromatic rings. The van der Waals surface area contributed by atoms with Gasteiger partial charge < -0.3 is 29.2 Å². The van der Waals surface area contributed by atoms with Gasteiger partial charge in [0.05, 0.1) is 62.7 Å². The van der Waals surface area contributed by atoms with E-state index >= 15 is 0 Å². The Kier molecular flexibility index (Phi) is 17.7. The van der Waals surface area contributed by atoms with E-state index in [0.717, 1.165) is 35.3 Å². The number of pyridine rings is 1. The summed E-state index contributed by atoms with van der Waals surface area (Å²) < 4.78 is 62.4. The number of benzene rings is 2. The summed E-state index contributed by atoms with van der Waals surface area (Å²) in [6, 6.07) is 12.4. The van der Waals surface area contributed by atoms with Crippen molar-refractivity contribution in [2.24, 2.45) is 11.8 Å². The Bertz CT molecular complexity index is 2300. The van der Waals surface area contributed by atoms with E-state index in [0.29, 0.717) is 36.4 Å². The molecule has 1 saturated heterocycles. The average Bonchev–Trinajstić information content (AvgIpc) is 3.55. The van der Waals surface area contributed by atoms with Gasteiger partial charge in [-0.3, -0.25) is 39.0 Å². The Morgan fingerprint density at radius 2 is 1.70 bits per heavy atom. The molecule has 18 heteroatoms. The van der Waals surface area contributed by atoms with Crippen LogP contribution in [0.5, 0.6) is 11.5 Å². The monoisotopic (exact) mass is 933 g/mol. The van der Waals surface area contributed by atoms with Crippen molar-refractivity contribution in [2.75, 3.05) is 47.1 Å². The molecular weight excluding hydrogens is 876 g/mol. The summed E-state index contributed by atoms with van der Waals surface area (Å²) in [7, 11) is 3.22. The Morgan fingerprint density at radius 1 is 0.955 bits per heavy atom. The lowest BCUT2D eigenvalue weighted by Crippen LogP contribution is -2.54. The highest BCUT2D eigenvalue weighted by molar-refractivity contribution is 6.23. The number of imide groups is 2. The van der Waals surface area contributed by atoms with Gasteiger partial charge in [0, 0.05) is 32.1 Å². The Morgan fingerprint density at radius 3 is 2.43 bits per heavy atom. The third-order valence-corrected chi connectivity index (χ3v) is 12.2. The number of carbonyl (C=O) groups is 6. The molecule has 15 nitrogen and oxygen atoms in total. The van der Waals surface area contributed by atoms with Crippen molar-refractivity contribution in [2.45, 2.75) is 96.0 Å². The molecule has 3 aliphatic rings. The van der Waals surface area contributed by atoms with Crippen LogP contribution in [0.3, 0.4) is 0 Å². The van der Waals surface area contributed by atoms with Gasteiger partial charge in [-0.2, -0.15) is 13.2 Å². The summed E-state index contributed by atoms with van der Waals surface area (Å²) in [4.78, 5) is 83.3. The molecule has 1 aromatic heterocycles. The number of halogens is 3. The molecule has 2 N–H and O–H groups in total. The van der Waals surface area contributed by atoms with Gasteiger partial charge >= 0.3 is 6.18 Å². The number of piperidine rings is 1. The number of aromatic nitrogens is 1. The topological polar surface area (TPSA) is 183 Å². The number of fused-ring (bicyclic) bond motifs is 1. The third kappa shape index (κ3) is 13.7. The average molecular weight is 934 g/mol. The van der Waals surface area contributed by atoms with Gasteiger partial charge in [0.2, 0.25) is 17.7 Å². The fraction of sp³-hybridized carbons (Fsp3) is 0.490. The summed E-state index contributed by atoms with van der Waals surface area (Å²) in [5.41, 5.74) is 2.60. The number of rotatable bonds is 22. The molecule has 1 saturated carbocycles. The quantitative estimate of drug-likeness (QED) is 0.0832. The van der Waals surface area contributed by atoms with E-state index in [2.05, 4.69) is 22.5 Å². The number of allylic oxidation sites excluding steroid dienone is 1. The van der Waals surface area contributed by atoms with Crippen LogP contribution < -0.4 is 20.1 Å². The number of alkyl halides is 3. The molecule has 2 unspecified atom stereocenters. The van der Waals surface area contributed by atoms with E-state index in [1.165, 1.54) is 25.4 Å². The second-order valence-electron chi connectivity index (χ2n) is 17.0. The van der Waals surface area contributed by atoms with Crippen LogP contribution in [0, 0.1) is 11.8 Å². The van der Waals surface area contributed by atoms with Gasteiger partial charge in [-0.05, 0) is 79.8 Å². The van der Waals surface area contributed by atoms with Crippen molar-refractivity contribution in [3.63, 3.8) is 0 Å². The van der Waals surface area contributed by atoms with Crippen molar-refractivity contribution in [1.29, 1.82) is 0 Å². The summed E-state index contributed by atoms with van der Waals surface area (Å²) in [5, 5.41) is 5.06. The molecule has 67 heavy (non-hydrogen) atoms. The number of nitrogens with one attached hydrogen (secondary N) is 2. The molecule has 0 radical (unpaired) electrons. The molecule has 0 spiro atoms. The highest BCUT2D eigenvalue weighted by Crippen LogP contribution is 2.40. The third-order valence-electron chi connectivity index (χ3n) is 12.2. The molecule has 2 aliphatic heterocycles. The minimum Gasteiger partial charge on any atom is -0.495 e. The van der Waals surface area contributed by atoms with Crippen molar-refractivity contribution in [3.8, 4) is 11.5 Å². The van der Waals surface area contributed by atoms with Gasteiger partial charge in [-0.25, -0.2) is 4.98 Å². The molecule has 2 aromatic carbocycles. The molecule has 0 bridgehead atoms. The maximum absolute atomic E-state index is 13.4. The summed E-state index contributed by atoms with van der Waals surface area (Å²) >= 11 is 0. The molecule has 2 atom stereocenters. The lowest BCUT2D eigenvalue weighted by atomic mass is 9.81. The smallest absolute Gasteiger partial charge is 0.391 e. The van der Waals surface area contributed by atoms with Crippen LogP contribution in [-0.4, -0.2) is 116 Å². The fourth-order valence-corrected chi connectivity index (χ4v) is 8.39. The number of unbranched alkanes of at least 4 members (excludes halogenated alkanes) is 1. The summed E-state index contributed by atoms with van der Waals surface area (Å²) in [6.07, 6.45) is 4.63. The van der Waals surface area contributed by atoms with Crippen LogP contribution in [0.1, 0.15) is 113 Å². The number of methoxy groups -OCH3 is 1. The highest BCUT2D eigenvalue weighted by Gasteiger charge is 2.45. The zero-order valence-corrected chi connectivity index (χ0v) is 38.0. The van der Waals surface area contributed by atoms with Crippen LogP contribution in [0.2, 0.25) is 0 Å². The first-order valence-corrected chi connectivity index (χ1v) is 22.7. The zero-order chi connectivity index (χ0) is 48.1. The number of amides is 6. The number of ether oxygens (including phenoxy) is 4. The molecule has 2 fully saturated rings. The van der Waals surface area contributed by atoms with Crippen molar-refractivity contribution in [1.82, 2.24) is 25.4 Å². The van der Waals surface area contributed by atoms with Gasteiger partial charge in [0.15, 0.2) is 0 Å². The first-order valence-electron chi connectivity index (χ1n) is 22.7. The number of carbonyl (C=O) groups excluding carboxylic acids is 6. The minimum atomic E-state index is -4.17. The van der Waals surface area contributed by atoms with E-state index in [4.69, 9.17) is 18.9 Å². The van der Waals surface area contributed by atoms with E-state index in [1.54, 1.807) is 30.2 Å². The van der Waals surface area contributed by atoms with Crippen molar-refractivity contribution in [3.05, 3.63) is 94.3 Å². The first kappa shape index (κ1) is 50.3. The molecule has 6 rings (SSSR count). The van der Waals surface area contributed by atoms with Crippen LogP contribution in [0.4, 0.5) is 13.2 Å². The minimum absolute atomic E-state index is 0.00270. The van der Waals surface area contributed by atoms with E-state index in [-0.39, 0.29) is 99.8 Å². The van der Waals surface area contributed by atoms with Crippen molar-refractivity contribution < 1.29 is 60.9 Å². The fourth-order valence-electron chi connectivity index (χ4n) is 8.39. The van der Waals surface area contributed by atoms with Crippen LogP contribution in [0.15, 0.2) is 60.8 Å². The van der Waals surface area contributed by atoms with Gasteiger partial charge in [0.1, 0.15) is 29.8 Å². The normalized spacial score (nSPS) is 19.0. The predicted molar refractivity (Wildman–Crippen MR) is 239 cm³/mol. The number of likely N-dealkylation sites (N-methyl/N-ethyl adjacent to an activating group) is 1. The molecule has 3 heterocycles. The number of hydrogen-bond donors (Lipinski definition) is 2. The van der Waals surface area contributed by atoms with Crippen LogP contribution >= 0.6 is 0 Å². The molecule has 6 amide bonds. The molecule has 1 aliphatic carbocycles. The lowest BCUT2D eigenvalue weighted by Gasteiger charge is -2.28. The SMILES string of the molecule is CCCCC(CN(C)C(=O)Cc1cccc(CNC(=O)c2cc(/C=C/C3CCC(C(F)(F)F)CC3)c(OC)cn2)c1)OCCOCCOc1ccc2c(c1)C(=O)N(C1CCC(=O)NC1=O)C2=O. The summed E-state index contributed by atoms with van der Waals surface area (Å²) in [5.74, 6) is -3.32. The van der Waals surface area contributed by atoms with Gasteiger partial charge in [0.25, 0.3) is 17.7 Å². The first-order chi connectivity index (χ1) is 32.1. The predicted octanol–water partition coefficient (Wildman–Crippen LogP) is 6.48. The Balaban J connectivity index is 0.908. The van der Waals surface area contributed by atoms with E-state index < -0.39 is 47.7 Å². The largest absolute Gasteiger partial charge is 0.495 e. The lowest BCUT2D eigenvalue weighted by molar-refractivity contribution is -0.183. The second-order valence-corrected chi connectivity index (χ2v) is 17.0. The Labute approximate surface area is 387 Å². The summed E-state index contributed by atoms with van der Waals surface area (Å²) in [6.45, 7) is 3.58. The van der Waals surface area contributed by atoms with Crippen LogP contribution in [0.25, 0.3) is 6.08 Å². The van der Waals surface area contributed by atoms with E-state index in [9.17, 15) is 41.9 Å². The number of nitrogens with zero attached hydrogens (tertiary/aromatic N) is 3. The molecular formula is C49H58F3N5O10. The standard InChI is InChI=1S/C49H58F3N5O10/c1-4-5-9-37(67-23-21-65-20-22-66-36-16-17-38-39(27-36)48(63)57(47(38)62)41-18-19-43(58)55-46(41)61)30-56(2)44(59)25-32-7-6-8-33(24-32)28-54-45(60)40-26-34(42(64-3)29-53-40)13-10-31-11-14-35(15-12-31)49(50,51)52/h6-8,10,13,16-17,24,26-27,29,31,35,37,41H,4-5,9,11-12,14-15,18-23,25,28,30H2,1-3H3,(H,54,60)(H,55,58,61)/b13-10+. The van der Waals surface area contributed by atoms with Gasteiger partial charge in [-0.1, -0.05) is 56.2 Å². The molecule has 360 valence electrons. The van der Waals surface area contributed by atoms with Gasteiger partial charge in [-0.15, -0.1) is 0 Å². The Hall–Kier alpha value is -6.14. The van der Waals surface area contributed by atoms with E-state index in [1.807, 2.05) is 30.3 Å². The maximum atomic E-state index is 13.4. The van der Waals surface area contributed by atoms with Crippen LogP contribution in [-0.2, 0) is 36.8 Å². The van der Waals surface area contributed by atoms with Crippen molar-refractivity contribution >= 4 is 41.5 Å². The zero-order valence-electron chi connectivity index (χ0n) is 38.0. The number of hydrogen-bond acceptors (Lipinski definition) is 11.